The molecule has 1 aromatic heterocycles. The summed E-state index contributed by atoms with van der Waals surface area (Å²) in [6.45, 7) is 7.46. The Hall–Kier alpha value is -3.10. The molecule has 1 amide bonds. The number of carbonyl (C=O) groups is 1. The van der Waals surface area contributed by atoms with Crippen LogP contribution in [0.25, 0.3) is 0 Å². The summed E-state index contributed by atoms with van der Waals surface area (Å²) in [4.78, 5) is 17.7. The number of hydrogen-bond acceptors (Lipinski definition) is 6. The Morgan fingerprint density at radius 1 is 1.00 bits per heavy atom. The van der Waals surface area contributed by atoms with Crippen molar-refractivity contribution < 1.29 is 17.6 Å². The van der Waals surface area contributed by atoms with Gasteiger partial charge in [0.25, 0.3) is 5.91 Å². The second-order valence-corrected chi connectivity index (χ2v) is 10.6. The number of furan rings is 1. The first-order chi connectivity index (χ1) is 16.4. The average Bonchev–Trinajstić information content (AvgIpc) is 3.30. The van der Waals surface area contributed by atoms with Crippen molar-refractivity contribution in [3.8, 4) is 0 Å². The molecule has 0 saturated carbocycles. The van der Waals surface area contributed by atoms with Crippen molar-refractivity contribution in [3.05, 3.63) is 83.8 Å². The maximum Gasteiger partial charge on any atom is 0.287 e. The first-order valence-corrected chi connectivity index (χ1v) is 13.2. The van der Waals surface area contributed by atoms with Crippen LogP contribution in [0.3, 0.4) is 0 Å². The number of carbonyl (C=O) groups excluding carboxylic acids is 1. The molecule has 0 spiro atoms. The van der Waals surface area contributed by atoms with E-state index in [1.807, 2.05) is 0 Å². The summed E-state index contributed by atoms with van der Waals surface area (Å²) >= 11 is 0. The minimum Gasteiger partial charge on any atom is -0.459 e. The number of piperazine rings is 1. The Morgan fingerprint density at radius 2 is 1.76 bits per heavy atom. The standard InChI is InChI=1S/C26H31N3O4S/c1-21-7-5-8-23(19-21)29-16-14-28(15-17-29)13-6-12-27-26(30)25-22(11-18-33-25)20-34(31,32)24-9-3-2-4-10-24/h2-5,7-11,18-19H,6,12-17,20H2,1H3,(H,27,30). The first kappa shape index (κ1) is 24.0. The zero-order valence-electron chi connectivity index (χ0n) is 19.4. The largest absolute Gasteiger partial charge is 0.459 e. The highest BCUT2D eigenvalue weighted by Crippen LogP contribution is 2.20. The van der Waals surface area contributed by atoms with E-state index in [1.165, 1.54) is 17.5 Å². The third-order valence-electron chi connectivity index (χ3n) is 6.08. The molecule has 1 aliphatic rings. The van der Waals surface area contributed by atoms with E-state index in [-0.39, 0.29) is 22.3 Å². The van der Waals surface area contributed by atoms with Crippen LogP contribution in [-0.4, -0.2) is 58.5 Å². The molecule has 1 aliphatic heterocycles. The van der Waals surface area contributed by atoms with Crippen molar-refractivity contribution in [2.75, 3.05) is 44.2 Å². The SMILES string of the molecule is Cc1cccc(N2CCN(CCCNC(=O)c3occc3CS(=O)(=O)c3ccccc3)CC2)c1. The summed E-state index contributed by atoms with van der Waals surface area (Å²) in [7, 11) is -3.56. The molecule has 7 nitrogen and oxygen atoms in total. The van der Waals surface area contributed by atoms with Gasteiger partial charge < -0.3 is 14.6 Å². The normalized spacial score (nSPS) is 14.8. The van der Waals surface area contributed by atoms with Gasteiger partial charge in [0, 0.05) is 44.0 Å². The number of nitrogens with one attached hydrogen (secondary N) is 1. The van der Waals surface area contributed by atoms with Gasteiger partial charge in [0.2, 0.25) is 0 Å². The smallest absolute Gasteiger partial charge is 0.287 e. The van der Waals surface area contributed by atoms with Crippen LogP contribution in [0.5, 0.6) is 0 Å². The van der Waals surface area contributed by atoms with Crippen LogP contribution < -0.4 is 10.2 Å². The average molecular weight is 482 g/mol. The zero-order valence-corrected chi connectivity index (χ0v) is 20.3. The molecule has 1 N–H and O–H groups in total. The fourth-order valence-corrected chi connectivity index (χ4v) is 5.58. The summed E-state index contributed by atoms with van der Waals surface area (Å²) in [5.74, 6) is -0.597. The molecular weight excluding hydrogens is 450 g/mol. The van der Waals surface area contributed by atoms with Gasteiger partial charge in [0.1, 0.15) is 0 Å². The van der Waals surface area contributed by atoms with Gasteiger partial charge in [0.15, 0.2) is 15.6 Å². The van der Waals surface area contributed by atoms with Gasteiger partial charge in [-0.2, -0.15) is 0 Å². The van der Waals surface area contributed by atoms with Gasteiger partial charge in [-0.05, 0) is 55.8 Å². The lowest BCUT2D eigenvalue weighted by Crippen LogP contribution is -2.47. The Kier molecular flexibility index (Phi) is 7.70. The Bertz CT molecular complexity index is 1200. The number of sulfone groups is 1. The number of benzene rings is 2. The second-order valence-electron chi connectivity index (χ2n) is 8.62. The van der Waals surface area contributed by atoms with Gasteiger partial charge in [-0.15, -0.1) is 0 Å². The van der Waals surface area contributed by atoms with E-state index in [4.69, 9.17) is 4.42 Å². The van der Waals surface area contributed by atoms with E-state index in [2.05, 4.69) is 46.3 Å². The molecule has 2 heterocycles. The van der Waals surface area contributed by atoms with Crippen LogP contribution in [0.4, 0.5) is 5.69 Å². The monoisotopic (exact) mass is 481 g/mol. The predicted molar refractivity (Wildman–Crippen MR) is 133 cm³/mol. The summed E-state index contributed by atoms with van der Waals surface area (Å²) in [6, 6.07) is 18.4. The molecule has 3 aromatic rings. The molecule has 0 unspecified atom stereocenters. The van der Waals surface area contributed by atoms with Crippen LogP contribution in [0.2, 0.25) is 0 Å². The lowest BCUT2D eigenvalue weighted by Gasteiger charge is -2.36. The second kappa shape index (κ2) is 10.9. The molecule has 1 fully saturated rings. The number of hydrogen-bond donors (Lipinski definition) is 1. The van der Waals surface area contributed by atoms with E-state index < -0.39 is 9.84 Å². The Balaban J connectivity index is 1.22. The zero-order chi connectivity index (χ0) is 24.0. The van der Waals surface area contributed by atoms with E-state index in [1.54, 1.807) is 36.4 Å². The van der Waals surface area contributed by atoms with Crippen LogP contribution in [0.15, 0.2) is 76.2 Å². The highest BCUT2D eigenvalue weighted by atomic mass is 32.2. The van der Waals surface area contributed by atoms with Crippen LogP contribution in [0, 0.1) is 6.92 Å². The molecule has 0 aliphatic carbocycles. The minimum absolute atomic E-state index is 0.0614. The molecule has 180 valence electrons. The summed E-state index contributed by atoms with van der Waals surface area (Å²) in [5, 5.41) is 2.87. The number of rotatable bonds is 9. The van der Waals surface area contributed by atoms with E-state index in [0.29, 0.717) is 12.1 Å². The van der Waals surface area contributed by atoms with Crippen molar-refractivity contribution in [1.82, 2.24) is 10.2 Å². The minimum atomic E-state index is -3.56. The van der Waals surface area contributed by atoms with Gasteiger partial charge in [-0.1, -0.05) is 30.3 Å². The van der Waals surface area contributed by atoms with Crippen LogP contribution in [0.1, 0.15) is 28.1 Å². The van der Waals surface area contributed by atoms with Crippen molar-refractivity contribution in [2.24, 2.45) is 0 Å². The molecular formula is C26H31N3O4S. The maximum atomic E-state index is 12.7. The van der Waals surface area contributed by atoms with Crippen molar-refractivity contribution in [3.63, 3.8) is 0 Å². The van der Waals surface area contributed by atoms with Crippen molar-refractivity contribution >= 4 is 21.4 Å². The molecule has 0 radical (unpaired) electrons. The maximum absolute atomic E-state index is 12.7. The lowest BCUT2D eigenvalue weighted by molar-refractivity contribution is 0.0923. The topological polar surface area (TPSA) is 82.9 Å². The fourth-order valence-electron chi connectivity index (χ4n) is 4.20. The molecule has 34 heavy (non-hydrogen) atoms. The molecule has 8 heteroatoms. The summed E-state index contributed by atoms with van der Waals surface area (Å²) in [5.41, 5.74) is 2.91. The highest BCUT2D eigenvalue weighted by molar-refractivity contribution is 7.90. The summed E-state index contributed by atoms with van der Waals surface area (Å²) < 4.78 is 30.6. The van der Waals surface area contributed by atoms with Crippen molar-refractivity contribution in [1.29, 1.82) is 0 Å². The molecule has 0 bridgehead atoms. The highest BCUT2D eigenvalue weighted by Gasteiger charge is 2.22. The van der Waals surface area contributed by atoms with Crippen LogP contribution in [-0.2, 0) is 15.6 Å². The van der Waals surface area contributed by atoms with E-state index in [9.17, 15) is 13.2 Å². The Morgan fingerprint density at radius 3 is 2.50 bits per heavy atom. The van der Waals surface area contributed by atoms with Gasteiger partial charge in [-0.25, -0.2) is 8.42 Å². The van der Waals surface area contributed by atoms with Gasteiger partial charge in [-0.3, -0.25) is 9.69 Å². The Labute approximate surface area is 201 Å². The number of nitrogens with zero attached hydrogens (tertiary/aromatic N) is 2. The number of aryl methyl sites for hydroxylation is 1. The third kappa shape index (κ3) is 6.07. The number of amides is 1. The predicted octanol–water partition coefficient (Wildman–Crippen LogP) is 3.50. The third-order valence-corrected chi connectivity index (χ3v) is 7.76. The van der Waals surface area contributed by atoms with Gasteiger partial charge in [0.05, 0.1) is 16.9 Å². The van der Waals surface area contributed by atoms with Crippen LogP contribution >= 0.6 is 0 Å². The number of anilines is 1. The first-order valence-electron chi connectivity index (χ1n) is 11.6. The molecule has 4 rings (SSSR count). The van der Waals surface area contributed by atoms with E-state index >= 15 is 0 Å². The molecule has 2 aromatic carbocycles. The summed E-state index contributed by atoms with van der Waals surface area (Å²) in [6.07, 6.45) is 2.17. The fraction of sp³-hybridized carbons (Fsp3) is 0.346. The van der Waals surface area contributed by atoms with Gasteiger partial charge >= 0.3 is 0 Å². The quantitative estimate of drug-likeness (QED) is 0.471. The van der Waals surface area contributed by atoms with E-state index in [0.717, 1.165) is 39.1 Å². The molecule has 1 saturated heterocycles. The van der Waals surface area contributed by atoms with Crippen molar-refractivity contribution in [2.45, 2.75) is 24.0 Å². The molecule has 0 atom stereocenters. The lowest BCUT2D eigenvalue weighted by atomic mass is 10.2.